The molecule has 0 unspecified atom stereocenters. The van der Waals surface area contributed by atoms with E-state index in [4.69, 9.17) is 0 Å². The van der Waals surface area contributed by atoms with E-state index >= 15 is 0 Å². The minimum Gasteiger partial charge on any atom is -0.504 e. The van der Waals surface area contributed by atoms with E-state index in [1.165, 1.54) is 38.5 Å². The number of aromatic nitrogens is 1. The third kappa shape index (κ3) is 2.62. The summed E-state index contributed by atoms with van der Waals surface area (Å²) in [4.78, 5) is 8.92. The molecule has 1 aromatic heterocycles. The summed E-state index contributed by atoms with van der Waals surface area (Å²) >= 11 is 0. The standard InChI is InChI=1S/C15H23N3O/c19-14-12-16-11-13(17-7-3-1-4-8-17)15(14)18-9-5-2-6-10-18/h11-12,19H,1-10H2. The van der Waals surface area contributed by atoms with Crippen molar-refractivity contribution in [3.8, 4) is 5.75 Å². The Balaban J connectivity index is 1.91. The average molecular weight is 261 g/mol. The Hall–Kier alpha value is -1.45. The molecular weight excluding hydrogens is 238 g/mol. The van der Waals surface area contributed by atoms with Crippen LogP contribution in [-0.2, 0) is 0 Å². The predicted molar refractivity (Wildman–Crippen MR) is 78.0 cm³/mol. The summed E-state index contributed by atoms with van der Waals surface area (Å²) in [6.07, 6.45) is 11.1. The second kappa shape index (κ2) is 5.68. The van der Waals surface area contributed by atoms with E-state index in [-0.39, 0.29) is 0 Å². The summed E-state index contributed by atoms with van der Waals surface area (Å²) in [5.74, 6) is 0.338. The predicted octanol–water partition coefficient (Wildman–Crippen LogP) is 2.77. The highest BCUT2D eigenvalue weighted by atomic mass is 16.3. The van der Waals surface area contributed by atoms with Gasteiger partial charge in [0.1, 0.15) is 5.69 Å². The fourth-order valence-corrected chi connectivity index (χ4v) is 3.24. The van der Waals surface area contributed by atoms with E-state index in [9.17, 15) is 5.11 Å². The first-order chi connectivity index (χ1) is 9.36. The van der Waals surface area contributed by atoms with Gasteiger partial charge in [-0.2, -0.15) is 0 Å². The highest BCUT2D eigenvalue weighted by molar-refractivity contribution is 5.76. The van der Waals surface area contributed by atoms with Gasteiger partial charge in [-0.1, -0.05) is 0 Å². The number of hydrogen-bond donors (Lipinski definition) is 1. The van der Waals surface area contributed by atoms with Gasteiger partial charge in [0.2, 0.25) is 0 Å². The lowest BCUT2D eigenvalue weighted by Crippen LogP contribution is -2.34. The monoisotopic (exact) mass is 261 g/mol. The van der Waals surface area contributed by atoms with Crippen molar-refractivity contribution in [1.82, 2.24) is 4.98 Å². The van der Waals surface area contributed by atoms with Gasteiger partial charge in [-0.3, -0.25) is 4.98 Å². The normalized spacial score (nSPS) is 20.6. The first kappa shape index (κ1) is 12.6. The van der Waals surface area contributed by atoms with E-state index in [1.54, 1.807) is 6.20 Å². The minimum atomic E-state index is 0.338. The van der Waals surface area contributed by atoms with Crippen LogP contribution >= 0.6 is 0 Å². The van der Waals surface area contributed by atoms with Crippen LogP contribution in [0.4, 0.5) is 11.4 Å². The summed E-state index contributed by atoms with van der Waals surface area (Å²) in [6.45, 7) is 4.29. The highest BCUT2D eigenvalue weighted by Gasteiger charge is 2.22. The molecule has 0 radical (unpaired) electrons. The van der Waals surface area contributed by atoms with Crippen LogP contribution in [0.5, 0.6) is 5.75 Å². The molecular formula is C15H23N3O. The number of hydrogen-bond acceptors (Lipinski definition) is 4. The molecule has 2 aliphatic rings. The Kier molecular flexibility index (Phi) is 3.76. The van der Waals surface area contributed by atoms with Crippen LogP contribution in [0.1, 0.15) is 38.5 Å². The molecule has 3 heterocycles. The summed E-state index contributed by atoms with van der Waals surface area (Å²) in [6, 6.07) is 0. The van der Waals surface area contributed by atoms with Gasteiger partial charge in [-0.05, 0) is 38.5 Å². The maximum Gasteiger partial charge on any atom is 0.159 e. The van der Waals surface area contributed by atoms with Crippen LogP contribution in [0.3, 0.4) is 0 Å². The Morgan fingerprint density at radius 2 is 1.37 bits per heavy atom. The van der Waals surface area contributed by atoms with Gasteiger partial charge in [0.05, 0.1) is 18.1 Å². The van der Waals surface area contributed by atoms with Crippen molar-refractivity contribution >= 4 is 11.4 Å². The van der Waals surface area contributed by atoms with E-state index in [1.807, 2.05) is 6.20 Å². The molecule has 104 valence electrons. The van der Waals surface area contributed by atoms with Crippen LogP contribution in [0.15, 0.2) is 12.4 Å². The minimum absolute atomic E-state index is 0.338. The third-order valence-corrected chi connectivity index (χ3v) is 4.25. The van der Waals surface area contributed by atoms with Crippen LogP contribution < -0.4 is 9.80 Å². The van der Waals surface area contributed by atoms with Crippen molar-refractivity contribution in [2.45, 2.75) is 38.5 Å². The molecule has 0 amide bonds. The Morgan fingerprint density at radius 3 is 2.00 bits per heavy atom. The molecule has 4 heteroatoms. The zero-order valence-electron chi connectivity index (χ0n) is 11.5. The van der Waals surface area contributed by atoms with Crippen molar-refractivity contribution in [3.63, 3.8) is 0 Å². The lowest BCUT2D eigenvalue weighted by molar-refractivity contribution is 0.466. The van der Waals surface area contributed by atoms with Crippen molar-refractivity contribution < 1.29 is 5.11 Å². The number of pyridine rings is 1. The first-order valence-electron chi connectivity index (χ1n) is 7.53. The lowest BCUT2D eigenvalue weighted by Gasteiger charge is -2.36. The number of nitrogens with zero attached hydrogens (tertiary/aromatic N) is 3. The number of piperidine rings is 2. The second-order valence-electron chi connectivity index (χ2n) is 5.62. The van der Waals surface area contributed by atoms with Crippen LogP contribution in [0, 0.1) is 0 Å². The van der Waals surface area contributed by atoms with Gasteiger partial charge in [0.15, 0.2) is 5.75 Å². The molecule has 0 aromatic carbocycles. The van der Waals surface area contributed by atoms with E-state index in [0.717, 1.165) is 37.6 Å². The summed E-state index contributed by atoms with van der Waals surface area (Å²) in [5.41, 5.74) is 2.14. The molecule has 2 saturated heterocycles. The maximum atomic E-state index is 10.2. The second-order valence-corrected chi connectivity index (χ2v) is 5.62. The van der Waals surface area contributed by atoms with Crippen molar-refractivity contribution in [3.05, 3.63) is 12.4 Å². The Morgan fingerprint density at radius 1 is 0.789 bits per heavy atom. The van der Waals surface area contributed by atoms with Gasteiger partial charge in [0.25, 0.3) is 0 Å². The molecule has 0 spiro atoms. The largest absolute Gasteiger partial charge is 0.504 e. The van der Waals surface area contributed by atoms with Gasteiger partial charge in [-0.25, -0.2) is 0 Å². The van der Waals surface area contributed by atoms with Crippen molar-refractivity contribution in [2.75, 3.05) is 36.0 Å². The van der Waals surface area contributed by atoms with Crippen molar-refractivity contribution in [2.24, 2.45) is 0 Å². The number of rotatable bonds is 2. The van der Waals surface area contributed by atoms with E-state index < -0.39 is 0 Å². The van der Waals surface area contributed by atoms with Crippen LogP contribution in [0.25, 0.3) is 0 Å². The maximum absolute atomic E-state index is 10.2. The van der Waals surface area contributed by atoms with Gasteiger partial charge < -0.3 is 14.9 Å². The fraction of sp³-hybridized carbons (Fsp3) is 0.667. The SMILES string of the molecule is Oc1cncc(N2CCCCC2)c1N1CCCCC1. The molecule has 4 nitrogen and oxygen atoms in total. The molecule has 3 rings (SSSR count). The number of aromatic hydroxyl groups is 1. The zero-order chi connectivity index (χ0) is 13.1. The van der Waals surface area contributed by atoms with Gasteiger partial charge >= 0.3 is 0 Å². The summed E-state index contributed by atoms with van der Waals surface area (Å²) < 4.78 is 0. The molecule has 0 aliphatic carbocycles. The molecule has 1 N–H and O–H groups in total. The molecule has 1 aromatic rings. The molecule has 0 saturated carbocycles. The summed E-state index contributed by atoms with van der Waals surface area (Å²) in [5, 5.41) is 10.2. The lowest BCUT2D eigenvalue weighted by atomic mass is 10.1. The third-order valence-electron chi connectivity index (χ3n) is 4.25. The van der Waals surface area contributed by atoms with Crippen molar-refractivity contribution in [1.29, 1.82) is 0 Å². The smallest absolute Gasteiger partial charge is 0.159 e. The molecule has 2 aliphatic heterocycles. The van der Waals surface area contributed by atoms with Crippen LogP contribution in [0.2, 0.25) is 0 Å². The van der Waals surface area contributed by atoms with E-state index in [2.05, 4.69) is 14.8 Å². The highest BCUT2D eigenvalue weighted by Crippen LogP contribution is 2.38. The first-order valence-corrected chi connectivity index (χ1v) is 7.53. The molecule has 2 fully saturated rings. The summed E-state index contributed by atoms with van der Waals surface area (Å²) in [7, 11) is 0. The Bertz CT molecular complexity index is 423. The van der Waals surface area contributed by atoms with Gasteiger partial charge in [0, 0.05) is 26.2 Å². The quantitative estimate of drug-likeness (QED) is 0.888. The average Bonchev–Trinajstić information content (AvgIpc) is 2.49. The molecule has 0 bridgehead atoms. The Labute approximate surface area is 115 Å². The van der Waals surface area contributed by atoms with Gasteiger partial charge in [-0.15, -0.1) is 0 Å². The zero-order valence-corrected chi connectivity index (χ0v) is 11.5. The molecule has 19 heavy (non-hydrogen) atoms. The fourth-order valence-electron chi connectivity index (χ4n) is 3.24. The van der Waals surface area contributed by atoms with Crippen LogP contribution in [-0.4, -0.2) is 36.3 Å². The van der Waals surface area contributed by atoms with E-state index in [0.29, 0.717) is 5.75 Å². The number of anilines is 2. The molecule has 0 atom stereocenters. The topological polar surface area (TPSA) is 39.6 Å².